The van der Waals surface area contributed by atoms with E-state index in [9.17, 15) is 0 Å². The Balaban J connectivity index is 3.98. The molecule has 0 heterocycles. The van der Waals surface area contributed by atoms with Gasteiger partial charge in [-0.25, -0.2) is 0 Å². The zero-order valence-corrected chi connectivity index (χ0v) is 9.20. The maximum atomic E-state index is 5.25. The third kappa shape index (κ3) is 3.33. The molecule has 0 N–H and O–H groups in total. The van der Waals surface area contributed by atoms with Crippen molar-refractivity contribution >= 4 is 9.28 Å². The van der Waals surface area contributed by atoms with Crippen LogP contribution in [0.5, 0.6) is 0 Å². The Labute approximate surface area is 71.1 Å². The van der Waals surface area contributed by atoms with Gasteiger partial charge in [-0.3, -0.25) is 0 Å². The van der Waals surface area contributed by atoms with Crippen LogP contribution < -0.4 is 0 Å². The standard InChI is InChI=1S/C7H18NO2Si/c1-6-7(8(2)3)11(9-4)10-5/h11H,6H2,1-5H3. The molecular formula is C7H18NO2Si. The normalized spacial score (nSPS) is 12.0. The molecule has 0 aliphatic rings. The summed E-state index contributed by atoms with van der Waals surface area (Å²) in [4.78, 5) is 2.09. The van der Waals surface area contributed by atoms with Crippen molar-refractivity contribution in [3.63, 3.8) is 0 Å². The van der Waals surface area contributed by atoms with Crippen LogP contribution >= 0.6 is 0 Å². The van der Waals surface area contributed by atoms with E-state index in [-0.39, 0.29) is 0 Å². The first-order valence-electron chi connectivity index (χ1n) is 3.76. The van der Waals surface area contributed by atoms with Crippen LogP contribution in [0.25, 0.3) is 0 Å². The fourth-order valence-corrected chi connectivity index (χ4v) is 2.55. The van der Waals surface area contributed by atoms with Gasteiger partial charge in [0.2, 0.25) is 0 Å². The Bertz CT molecular complexity index is 96.4. The highest BCUT2D eigenvalue weighted by Crippen LogP contribution is 2.13. The molecule has 0 saturated carbocycles. The van der Waals surface area contributed by atoms with E-state index in [2.05, 4.69) is 11.8 Å². The van der Waals surface area contributed by atoms with Gasteiger partial charge in [0.1, 0.15) is 0 Å². The average molecular weight is 176 g/mol. The van der Waals surface area contributed by atoms with E-state index >= 15 is 0 Å². The molecule has 4 heteroatoms. The van der Waals surface area contributed by atoms with Crippen LogP contribution in [0.1, 0.15) is 13.3 Å². The molecule has 0 aromatic rings. The molecule has 0 aliphatic carbocycles. The lowest BCUT2D eigenvalue weighted by atomic mass is 10.4. The van der Waals surface area contributed by atoms with Crippen molar-refractivity contribution in [3.8, 4) is 0 Å². The maximum absolute atomic E-state index is 5.25. The van der Waals surface area contributed by atoms with E-state index in [4.69, 9.17) is 8.85 Å². The Morgan fingerprint density at radius 1 is 1.27 bits per heavy atom. The zero-order valence-electron chi connectivity index (χ0n) is 8.05. The first-order valence-corrected chi connectivity index (χ1v) is 5.28. The van der Waals surface area contributed by atoms with Crippen molar-refractivity contribution in [3.05, 3.63) is 5.67 Å². The minimum Gasteiger partial charge on any atom is -0.399 e. The fourth-order valence-electron chi connectivity index (χ4n) is 1.06. The van der Waals surface area contributed by atoms with Gasteiger partial charge in [-0.05, 0) is 20.5 Å². The van der Waals surface area contributed by atoms with Crippen LogP contribution in [0, 0.1) is 5.67 Å². The Morgan fingerprint density at radius 3 is 1.82 bits per heavy atom. The third-order valence-corrected chi connectivity index (χ3v) is 3.96. The first-order chi connectivity index (χ1) is 5.17. The monoisotopic (exact) mass is 176 g/mol. The van der Waals surface area contributed by atoms with Crippen LogP contribution in [-0.2, 0) is 8.85 Å². The summed E-state index contributed by atoms with van der Waals surface area (Å²) in [6.07, 6.45) is 1.01. The van der Waals surface area contributed by atoms with Crippen LogP contribution in [0.15, 0.2) is 0 Å². The summed E-state index contributed by atoms with van der Waals surface area (Å²) in [5.74, 6) is 0. The third-order valence-electron chi connectivity index (χ3n) is 1.64. The minimum absolute atomic E-state index is 1.01. The molecule has 0 bridgehead atoms. The van der Waals surface area contributed by atoms with Crippen molar-refractivity contribution < 1.29 is 8.85 Å². The molecule has 11 heavy (non-hydrogen) atoms. The summed E-state index contributed by atoms with van der Waals surface area (Å²) in [6, 6.07) is 0. The van der Waals surface area contributed by atoms with Gasteiger partial charge < -0.3 is 13.8 Å². The molecule has 0 aliphatic heterocycles. The van der Waals surface area contributed by atoms with E-state index < -0.39 is 9.28 Å². The molecule has 67 valence electrons. The van der Waals surface area contributed by atoms with Gasteiger partial charge in [-0.1, -0.05) is 6.92 Å². The zero-order chi connectivity index (χ0) is 8.85. The molecule has 0 fully saturated rings. The van der Waals surface area contributed by atoms with E-state index in [0.717, 1.165) is 6.42 Å². The summed E-state index contributed by atoms with van der Waals surface area (Å²) < 4.78 is 10.5. The molecule has 0 spiro atoms. The summed E-state index contributed by atoms with van der Waals surface area (Å²) in [6.45, 7) is 2.12. The number of hydrogen-bond acceptors (Lipinski definition) is 3. The van der Waals surface area contributed by atoms with E-state index in [1.54, 1.807) is 14.2 Å². The predicted molar refractivity (Wildman–Crippen MR) is 48.4 cm³/mol. The van der Waals surface area contributed by atoms with Gasteiger partial charge in [-0.15, -0.1) is 0 Å². The molecular weight excluding hydrogens is 158 g/mol. The summed E-state index contributed by atoms with van der Waals surface area (Å²) >= 11 is 0. The second-order valence-corrected chi connectivity index (χ2v) is 4.82. The fraction of sp³-hybridized carbons (Fsp3) is 0.857. The highest BCUT2D eigenvalue weighted by atomic mass is 28.3. The molecule has 0 aromatic carbocycles. The predicted octanol–water partition coefficient (Wildman–Crippen LogP) is 0.542. The van der Waals surface area contributed by atoms with Gasteiger partial charge >= 0.3 is 9.28 Å². The Hall–Kier alpha value is 0.0969. The second kappa shape index (κ2) is 5.71. The number of hydrogen-bond donors (Lipinski definition) is 0. The largest absolute Gasteiger partial charge is 0.399 e. The SMILES string of the molecule is CC[C](N(C)C)[SiH](OC)OC. The van der Waals surface area contributed by atoms with Crippen LogP contribution in [0.4, 0.5) is 0 Å². The Kier molecular flexibility index (Phi) is 5.76. The smallest absolute Gasteiger partial charge is 0.343 e. The van der Waals surface area contributed by atoms with E-state index in [0.29, 0.717) is 0 Å². The second-order valence-electron chi connectivity index (χ2n) is 2.54. The first kappa shape index (κ1) is 11.1. The lowest BCUT2D eigenvalue weighted by Crippen LogP contribution is -2.37. The molecule has 0 saturated heterocycles. The maximum Gasteiger partial charge on any atom is 0.343 e. The quantitative estimate of drug-likeness (QED) is 0.571. The van der Waals surface area contributed by atoms with E-state index in [1.165, 1.54) is 5.67 Å². The van der Waals surface area contributed by atoms with Crippen LogP contribution in [0.2, 0.25) is 0 Å². The van der Waals surface area contributed by atoms with Crippen molar-refractivity contribution in [2.45, 2.75) is 13.3 Å². The minimum atomic E-state index is -1.52. The van der Waals surface area contributed by atoms with Crippen LogP contribution in [0.3, 0.4) is 0 Å². The topological polar surface area (TPSA) is 21.7 Å². The van der Waals surface area contributed by atoms with Gasteiger partial charge in [-0.2, -0.15) is 0 Å². The van der Waals surface area contributed by atoms with Gasteiger partial charge in [0.25, 0.3) is 0 Å². The van der Waals surface area contributed by atoms with Crippen molar-refractivity contribution in [2.24, 2.45) is 0 Å². The average Bonchev–Trinajstić information content (AvgIpc) is 1.99. The Morgan fingerprint density at radius 2 is 1.73 bits per heavy atom. The van der Waals surface area contributed by atoms with Crippen LogP contribution in [-0.4, -0.2) is 42.5 Å². The van der Waals surface area contributed by atoms with Crippen molar-refractivity contribution in [1.82, 2.24) is 4.90 Å². The number of rotatable bonds is 5. The van der Waals surface area contributed by atoms with E-state index in [1.807, 2.05) is 14.1 Å². The summed E-state index contributed by atoms with van der Waals surface area (Å²) in [7, 11) is 5.94. The molecule has 0 aromatic heterocycles. The molecule has 1 radical (unpaired) electrons. The lowest BCUT2D eigenvalue weighted by molar-refractivity contribution is 0.255. The molecule has 0 unspecified atom stereocenters. The molecule has 0 amide bonds. The van der Waals surface area contributed by atoms with Gasteiger partial charge in [0, 0.05) is 14.2 Å². The molecule has 0 rings (SSSR count). The van der Waals surface area contributed by atoms with Gasteiger partial charge in [0.15, 0.2) is 0 Å². The van der Waals surface area contributed by atoms with Gasteiger partial charge in [0.05, 0.1) is 5.67 Å². The van der Waals surface area contributed by atoms with Crippen molar-refractivity contribution in [1.29, 1.82) is 0 Å². The highest BCUT2D eigenvalue weighted by molar-refractivity contribution is 6.51. The van der Waals surface area contributed by atoms with Crippen molar-refractivity contribution in [2.75, 3.05) is 28.3 Å². The molecule has 3 nitrogen and oxygen atoms in total. The molecule has 0 atom stereocenters. The highest BCUT2D eigenvalue weighted by Gasteiger charge is 2.25. The number of nitrogens with zero attached hydrogens (tertiary/aromatic N) is 1. The summed E-state index contributed by atoms with van der Waals surface area (Å²) in [5.41, 5.74) is 1.29. The summed E-state index contributed by atoms with van der Waals surface area (Å²) in [5, 5.41) is 0. The lowest BCUT2D eigenvalue weighted by Gasteiger charge is -2.26.